The molecule has 4 bridgehead atoms. The van der Waals surface area contributed by atoms with Gasteiger partial charge in [-0.1, -0.05) is 18.2 Å². The van der Waals surface area contributed by atoms with Gasteiger partial charge >= 0.3 is 0 Å². The Bertz CT molecular complexity index is 466. The molecule has 0 atom stereocenters. The number of halogens is 1. The average molecular weight is 307 g/mol. The number of phenols is 1. The Kier molecular flexibility index (Phi) is 4.20. The van der Waals surface area contributed by atoms with Gasteiger partial charge < -0.3 is 22.8 Å². The van der Waals surface area contributed by atoms with E-state index in [1.807, 2.05) is 18.2 Å². The minimum absolute atomic E-state index is 0. The van der Waals surface area contributed by atoms with Crippen molar-refractivity contribution in [2.75, 3.05) is 6.54 Å². The molecule has 4 saturated carbocycles. The zero-order valence-corrected chi connectivity index (χ0v) is 13.3. The third kappa shape index (κ3) is 2.93. The van der Waals surface area contributed by atoms with E-state index in [2.05, 4.69) is 5.32 Å². The van der Waals surface area contributed by atoms with Crippen LogP contribution in [0.1, 0.15) is 44.1 Å². The second kappa shape index (κ2) is 5.81. The molecule has 2 N–H and O–H groups in total. The van der Waals surface area contributed by atoms with Crippen LogP contribution in [0.2, 0.25) is 0 Å². The van der Waals surface area contributed by atoms with Crippen molar-refractivity contribution in [2.45, 2.75) is 45.1 Å². The molecule has 0 amide bonds. The molecule has 0 radical (unpaired) electrons. The highest BCUT2D eigenvalue weighted by Gasteiger charge is 2.50. The monoisotopic (exact) mass is 306 g/mol. The third-order valence-corrected chi connectivity index (χ3v) is 5.97. The summed E-state index contributed by atoms with van der Waals surface area (Å²) >= 11 is 0. The number of aromatic hydroxyl groups is 1. The maximum absolute atomic E-state index is 9.83. The summed E-state index contributed by atoms with van der Waals surface area (Å²) in [5.41, 5.74) is 1.61. The molecule has 4 aliphatic rings. The van der Waals surface area contributed by atoms with Crippen molar-refractivity contribution in [1.29, 1.82) is 0 Å². The van der Waals surface area contributed by atoms with E-state index in [4.69, 9.17) is 0 Å². The highest BCUT2D eigenvalue weighted by Crippen LogP contribution is 2.59. The molecule has 21 heavy (non-hydrogen) atoms. The molecule has 1 aromatic carbocycles. The van der Waals surface area contributed by atoms with E-state index in [0.29, 0.717) is 11.2 Å². The standard InChI is InChI=1S/C18H25NO.ClH/c20-17-4-2-1-3-16(17)11-19-12-18-8-13-5-14(9-18)7-15(6-13)10-18;/h1-4,13-15,19-20H,5-12H2;1H/p-1. The predicted molar refractivity (Wildman–Crippen MR) is 80.4 cm³/mol. The fraction of sp³-hybridized carbons (Fsp3) is 0.667. The van der Waals surface area contributed by atoms with Gasteiger partial charge in [0.1, 0.15) is 5.75 Å². The van der Waals surface area contributed by atoms with Gasteiger partial charge in [0, 0.05) is 18.7 Å². The second-order valence-electron chi connectivity index (χ2n) is 7.65. The van der Waals surface area contributed by atoms with Gasteiger partial charge in [0.25, 0.3) is 0 Å². The smallest absolute Gasteiger partial charge is 0.120 e. The highest BCUT2D eigenvalue weighted by atomic mass is 35.5. The summed E-state index contributed by atoms with van der Waals surface area (Å²) in [5, 5.41) is 13.5. The minimum Gasteiger partial charge on any atom is -1.00 e. The van der Waals surface area contributed by atoms with Crippen LogP contribution in [-0.2, 0) is 6.54 Å². The van der Waals surface area contributed by atoms with Crippen molar-refractivity contribution in [3.63, 3.8) is 0 Å². The quantitative estimate of drug-likeness (QED) is 0.858. The molecular weight excluding hydrogens is 282 g/mol. The van der Waals surface area contributed by atoms with Crippen LogP contribution in [0.15, 0.2) is 24.3 Å². The van der Waals surface area contributed by atoms with Crippen LogP contribution >= 0.6 is 0 Å². The first-order chi connectivity index (χ1) is 9.72. The average Bonchev–Trinajstić information content (AvgIpc) is 2.39. The molecule has 1 aromatic rings. The number of nitrogens with one attached hydrogen (secondary N) is 1. The Morgan fingerprint density at radius 3 is 2.14 bits per heavy atom. The van der Waals surface area contributed by atoms with E-state index >= 15 is 0 Å². The fourth-order valence-electron chi connectivity index (χ4n) is 5.63. The van der Waals surface area contributed by atoms with E-state index < -0.39 is 0 Å². The summed E-state index contributed by atoms with van der Waals surface area (Å²) in [6.45, 7) is 1.94. The summed E-state index contributed by atoms with van der Waals surface area (Å²) in [4.78, 5) is 0. The van der Waals surface area contributed by atoms with Crippen molar-refractivity contribution in [3.05, 3.63) is 29.8 Å². The Labute approximate surface area is 133 Å². The molecule has 0 saturated heterocycles. The van der Waals surface area contributed by atoms with Gasteiger partial charge in [0.2, 0.25) is 0 Å². The third-order valence-electron chi connectivity index (χ3n) is 5.97. The first kappa shape index (κ1) is 15.2. The Morgan fingerprint density at radius 1 is 1.00 bits per heavy atom. The van der Waals surface area contributed by atoms with Gasteiger partial charge in [-0.15, -0.1) is 0 Å². The maximum atomic E-state index is 9.83. The Morgan fingerprint density at radius 2 is 1.57 bits per heavy atom. The predicted octanol–water partition coefficient (Wildman–Crippen LogP) is 0.702. The van der Waals surface area contributed by atoms with Gasteiger partial charge in [-0.2, -0.15) is 0 Å². The second-order valence-corrected chi connectivity index (χ2v) is 7.65. The molecule has 3 heteroatoms. The number of hydrogen-bond donors (Lipinski definition) is 2. The van der Waals surface area contributed by atoms with E-state index in [-0.39, 0.29) is 12.4 Å². The molecule has 0 unspecified atom stereocenters. The lowest BCUT2D eigenvalue weighted by Gasteiger charge is -2.57. The van der Waals surface area contributed by atoms with Crippen LogP contribution in [0, 0.1) is 23.2 Å². The Hall–Kier alpha value is -0.730. The van der Waals surface area contributed by atoms with Crippen LogP contribution < -0.4 is 17.7 Å². The van der Waals surface area contributed by atoms with Crippen molar-refractivity contribution >= 4 is 0 Å². The first-order valence-electron chi connectivity index (χ1n) is 8.20. The Balaban J connectivity index is 0.00000132. The van der Waals surface area contributed by atoms with E-state index in [1.54, 1.807) is 6.07 Å². The van der Waals surface area contributed by atoms with Crippen molar-refractivity contribution in [3.8, 4) is 5.75 Å². The summed E-state index contributed by atoms with van der Waals surface area (Å²) in [5.74, 6) is 3.49. The number of rotatable bonds is 4. The molecule has 0 heterocycles. The lowest BCUT2D eigenvalue weighted by molar-refractivity contribution is -0.0514. The summed E-state index contributed by atoms with van der Waals surface area (Å²) in [6.07, 6.45) is 8.89. The van der Waals surface area contributed by atoms with E-state index in [9.17, 15) is 5.11 Å². The molecule has 4 fully saturated rings. The van der Waals surface area contributed by atoms with Gasteiger partial charge in [-0.05, 0) is 67.8 Å². The SMILES string of the molecule is Oc1ccccc1CNCC12CC3CC(CC(C3)C1)C2.[Cl-]. The minimum atomic E-state index is 0. The van der Waals surface area contributed by atoms with E-state index in [1.165, 1.54) is 38.5 Å². The topological polar surface area (TPSA) is 32.3 Å². The first-order valence-corrected chi connectivity index (χ1v) is 8.20. The van der Waals surface area contributed by atoms with E-state index in [0.717, 1.165) is 36.4 Å². The van der Waals surface area contributed by atoms with Crippen molar-refractivity contribution < 1.29 is 17.5 Å². The zero-order chi connectivity index (χ0) is 13.6. The largest absolute Gasteiger partial charge is 1.00 e. The van der Waals surface area contributed by atoms with Gasteiger partial charge in [-0.25, -0.2) is 0 Å². The summed E-state index contributed by atoms with van der Waals surface area (Å²) in [7, 11) is 0. The molecule has 0 aromatic heterocycles. The van der Waals surface area contributed by atoms with Crippen LogP contribution in [0.5, 0.6) is 5.75 Å². The normalized spacial score (nSPS) is 36.5. The highest BCUT2D eigenvalue weighted by molar-refractivity contribution is 5.31. The molecule has 0 spiro atoms. The molecular formula is C18H25ClNO-. The van der Waals surface area contributed by atoms with Gasteiger partial charge in [0.05, 0.1) is 0 Å². The molecule has 116 valence electrons. The molecule has 5 rings (SSSR count). The van der Waals surface area contributed by atoms with Gasteiger partial charge in [-0.3, -0.25) is 0 Å². The molecule has 4 aliphatic carbocycles. The van der Waals surface area contributed by atoms with Crippen LogP contribution in [0.3, 0.4) is 0 Å². The van der Waals surface area contributed by atoms with Crippen molar-refractivity contribution in [1.82, 2.24) is 5.32 Å². The number of para-hydroxylation sites is 1. The lowest BCUT2D eigenvalue weighted by atomic mass is 9.49. The zero-order valence-electron chi connectivity index (χ0n) is 12.5. The number of benzene rings is 1. The lowest BCUT2D eigenvalue weighted by Crippen LogP contribution is -3.00. The van der Waals surface area contributed by atoms with Crippen LogP contribution in [0.25, 0.3) is 0 Å². The molecule has 0 aliphatic heterocycles. The fourth-order valence-corrected chi connectivity index (χ4v) is 5.63. The van der Waals surface area contributed by atoms with Crippen molar-refractivity contribution in [2.24, 2.45) is 23.2 Å². The van der Waals surface area contributed by atoms with Crippen LogP contribution in [0.4, 0.5) is 0 Å². The number of phenolic OH excluding ortho intramolecular Hbond substituents is 1. The molecule has 2 nitrogen and oxygen atoms in total. The maximum Gasteiger partial charge on any atom is 0.120 e. The van der Waals surface area contributed by atoms with Crippen LogP contribution in [-0.4, -0.2) is 11.7 Å². The summed E-state index contributed by atoms with van der Waals surface area (Å²) < 4.78 is 0. The number of hydrogen-bond acceptors (Lipinski definition) is 2. The van der Waals surface area contributed by atoms with Gasteiger partial charge in [0.15, 0.2) is 0 Å². The summed E-state index contributed by atoms with van der Waals surface area (Å²) in [6, 6.07) is 7.68.